The van der Waals surface area contributed by atoms with Gasteiger partial charge in [-0.2, -0.15) is 11.3 Å². The molecule has 2 rings (SSSR count). The van der Waals surface area contributed by atoms with Crippen LogP contribution in [0.3, 0.4) is 0 Å². The predicted molar refractivity (Wildman–Crippen MR) is 105 cm³/mol. The smallest absolute Gasteiger partial charge is 0.282 e. The molecule has 0 saturated heterocycles. The first-order valence-electron chi connectivity index (χ1n) is 8.45. The number of likely N-dealkylation sites (N-methyl/N-ethyl adjacent to an activating group) is 1. The molecule has 0 aliphatic rings. The summed E-state index contributed by atoms with van der Waals surface area (Å²) in [6.45, 7) is 6.18. The molecule has 8 heteroatoms. The zero-order valence-corrected chi connectivity index (χ0v) is 17.1. The van der Waals surface area contributed by atoms with Crippen molar-refractivity contribution in [2.24, 2.45) is 0 Å². The van der Waals surface area contributed by atoms with Gasteiger partial charge < -0.3 is 10.2 Å². The van der Waals surface area contributed by atoms with Crippen molar-refractivity contribution >= 4 is 33.0 Å². The van der Waals surface area contributed by atoms with Crippen LogP contribution in [0.4, 0.5) is 5.69 Å². The number of amides is 1. The Balaban J connectivity index is 1.98. The maximum atomic E-state index is 12.4. The number of sulfonamides is 1. The van der Waals surface area contributed by atoms with Gasteiger partial charge in [0.05, 0.1) is 11.9 Å². The summed E-state index contributed by atoms with van der Waals surface area (Å²) < 4.78 is 26.8. The topological polar surface area (TPSA) is 79.7 Å². The molecule has 1 aromatic heterocycles. The van der Waals surface area contributed by atoms with E-state index in [1.165, 1.54) is 17.7 Å². The zero-order chi connectivity index (χ0) is 19.3. The lowest BCUT2D eigenvalue weighted by Crippen LogP contribution is -3.12. The SMILES string of the molecule is CC(C)NS(=O)(=O)c1ccc(NC(=O)[C@H](C)[NH+](C)Cc2ccsc2)cc1. The van der Waals surface area contributed by atoms with E-state index in [4.69, 9.17) is 0 Å². The number of carbonyl (C=O) groups excluding carboxylic acids is 1. The van der Waals surface area contributed by atoms with Crippen LogP contribution in [0.1, 0.15) is 26.3 Å². The minimum absolute atomic E-state index is 0.103. The van der Waals surface area contributed by atoms with E-state index in [2.05, 4.69) is 21.5 Å². The number of hydrogen-bond acceptors (Lipinski definition) is 4. The highest BCUT2D eigenvalue weighted by atomic mass is 32.2. The molecule has 1 unspecified atom stereocenters. The van der Waals surface area contributed by atoms with Crippen LogP contribution in [0.2, 0.25) is 0 Å². The van der Waals surface area contributed by atoms with Gasteiger partial charge in [0.15, 0.2) is 6.04 Å². The summed E-state index contributed by atoms with van der Waals surface area (Å²) in [6.07, 6.45) is 0. The molecule has 2 atom stereocenters. The molecule has 0 bridgehead atoms. The highest BCUT2D eigenvalue weighted by Gasteiger charge is 2.22. The van der Waals surface area contributed by atoms with Crippen LogP contribution >= 0.6 is 11.3 Å². The second kappa shape index (κ2) is 8.77. The van der Waals surface area contributed by atoms with Gasteiger partial charge in [-0.15, -0.1) is 0 Å². The summed E-state index contributed by atoms with van der Waals surface area (Å²) in [7, 11) is -1.55. The summed E-state index contributed by atoms with van der Waals surface area (Å²) in [6, 6.07) is 7.84. The summed E-state index contributed by atoms with van der Waals surface area (Å²) in [5.74, 6) is -0.103. The monoisotopic (exact) mass is 396 g/mol. The summed E-state index contributed by atoms with van der Waals surface area (Å²) in [5.41, 5.74) is 1.79. The van der Waals surface area contributed by atoms with Crippen LogP contribution in [-0.2, 0) is 21.4 Å². The van der Waals surface area contributed by atoms with Gasteiger partial charge in [0.2, 0.25) is 10.0 Å². The minimum atomic E-state index is -3.53. The van der Waals surface area contributed by atoms with E-state index in [0.29, 0.717) is 5.69 Å². The highest BCUT2D eigenvalue weighted by molar-refractivity contribution is 7.89. The summed E-state index contributed by atoms with van der Waals surface area (Å²) in [5, 5.41) is 6.96. The van der Waals surface area contributed by atoms with E-state index in [0.717, 1.165) is 11.4 Å². The lowest BCUT2D eigenvalue weighted by Gasteiger charge is -2.20. The first kappa shape index (κ1) is 20.6. The number of carbonyl (C=O) groups is 1. The fourth-order valence-electron chi connectivity index (χ4n) is 2.44. The molecular formula is C18H26N3O3S2+. The average molecular weight is 397 g/mol. The molecule has 1 amide bonds. The average Bonchev–Trinajstić information content (AvgIpc) is 3.06. The zero-order valence-electron chi connectivity index (χ0n) is 15.4. The molecule has 26 heavy (non-hydrogen) atoms. The van der Waals surface area contributed by atoms with Crippen molar-refractivity contribution in [1.82, 2.24) is 4.72 Å². The molecule has 2 aromatic rings. The molecule has 0 fully saturated rings. The summed E-state index contributed by atoms with van der Waals surface area (Å²) in [4.78, 5) is 13.7. The Hall–Kier alpha value is -1.74. The Bertz CT molecular complexity index is 816. The van der Waals surface area contributed by atoms with E-state index in [1.807, 2.05) is 19.4 Å². The second-order valence-electron chi connectivity index (χ2n) is 6.67. The van der Waals surface area contributed by atoms with Crippen LogP contribution in [0.5, 0.6) is 0 Å². The van der Waals surface area contributed by atoms with Crippen molar-refractivity contribution < 1.29 is 18.1 Å². The molecule has 6 nitrogen and oxygen atoms in total. The van der Waals surface area contributed by atoms with Crippen molar-refractivity contribution in [1.29, 1.82) is 0 Å². The molecule has 0 saturated carbocycles. The van der Waals surface area contributed by atoms with Gasteiger partial charge in [0.1, 0.15) is 6.54 Å². The van der Waals surface area contributed by atoms with Gasteiger partial charge in [0, 0.05) is 17.3 Å². The number of rotatable bonds is 8. The van der Waals surface area contributed by atoms with Crippen LogP contribution in [0.25, 0.3) is 0 Å². The van der Waals surface area contributed by atoms with E-state index >= 15 is 0 Å². The van der Waals surface area contributed by atoms with Gasteiger partial charge in [-0.3, -0.25) is 4.79 Å². The maximum Gasteiger partial charge on any atom is 0.282 e. The Morgan fingerprint density at radius 3 is 2.35 bits per heavy atom. The number of benzene rings is 1. The number of thiophene rings is 1. The molecule has 1 aromatic carbocycles. The summed E-state index contributed by atoms with van der Waals surface area (Å²) >= 11 is 1.64. The fraction of sp³-hybridized carbons (Fsp3) is 0.389. The minimum Gasteiger partial charge on any atom is -0.324 e. The predicted octanol–water partition coefficient (Wildman–Crippen LogP) is 1.48. The van der Waals surface area contributed by atoms with Gasteiger partial charge in [-0.1, -0.05) is 0 Å². The van der Waals surface area contributed by atoms with Crippen molar-refractivity contribution in [2.75, 3.05) is 12.4 Å². The molecule has 0 aliphatic carbocycles. The molecule has 0 spiro atoms. The van der Waals surface area contributed by atoms with E-state index in [1.54, 1.807) is 37.3 Å². The van der Waals surface area contributed by atoms with Crippen molar-refractivity contribution in [2.45, 2.75) is 44.3 Å². The Kier molecular flexibility index (Phi) is 6.94. The number of hydrogen-bond donors (Lipinski definition) is 3. The van der Waals surface area contributed by atoms with Crippen LogP contribution < -0.4 is 14.9 Å². The lowest BCUT2D eigenvalue weighted by atomic mass is 10.2. The third-order valence-corrected chi connectivity index (χ3v) is 6.43. The molecule has 3 N–H and O–H groups in total. The molecule has 1 heterocycles. The molecule has 0 radical (unpaired) electrons. The first-order chi connectivity index (χ1) is 12.2. The van der Waals surface area contributed by atoms with Crippen molar-refractivity contribution in [3.63, 3.8) is 0 Å². The number of nitrogens with one attached hydrogen (secondary N) is 3. The van der Waals surface area contributed by atoms with Crippen molar-refractivity contribution in [3.05, 3.63) is 46.7 Å². The fourth-order valence-corrected chi connectivity index (χ4v) is 4.36. The third-order valence-electron chi connectivity index (χ3n) is 4.02. The van der Waals surface area contributed by atoms with E-state index in [9.17, 15) is 13.2 Å². The maximum absolute atomic E-state index is 12.4. The first-order valence-corrected chi connectivity index (χ1v) is 10.9. The van der Waals surface area contributed by atoms with Crippen molar-refractivity contribution in [3.8, 4) is 0 Å². The molecular weight excluding hydrogens is 370 g/mol. The van der Waals surface area contributed by atoms with Crippen LogP contribution in [-0.4, -0.2) is 33.5 Å². The van der Waals surface area contributed by atoms with Gasteiger partial charge in [-0.25, -0.2) is 13.1 Å². The second-order valence-corrected chi connectivity index (χ2v) is 9.16. The lowest BCUT2D eigenvalue weighted by molar-refractivity contribution is -0.907. The highest BCUT2D eigenvalue weighted by Crippen LogP contribution is 2.14. The third kappa shape index (κ3) is 5.63. The normalized spacial score (nSPS) is 14.2. The van der Waals surface area contributed by atoms with Crippen LogP contribution in [0.15, 0.2) is 46.0 Å². The number of quaternary nitrogens is 1. The van der Waals surface area contributed by atoms with Gasteiger partial charge >= 0.3 is 0 Å². The quantitative estimate of drug-likeness (QED) is 0.632. The van der Waals surface area contributed by atoms with E-state index in [-0.39, 0.29) is 22.9 Å². The largest absolute Gasteiger partial charge is 0.324 e. The molecule has 0 aliphatic heterocycles. The molecule has 142 valence electrons. The Morgan fingerprint density at radius 1 is 1.15 bits per heavy atom. The Morgan fingerprint density at radius 2 is 1.81 bits per heavy atom. The van der Waals surface area contributed by atoms with Gasteiger partial charge in [0.25, 0.3) is 5.91 Å². The Labute approximate surface area is 159 Å². The van der Waals surface area contributed by atoms with Crippen LogP contribution in [0, 0.1) is 0 Å². The van der Waals surface area contributed by atoms with Gasteiger partial charge in [-0.05, 0) is 61.9 Å². The van der Waals surface area contributed by atoms with E-state index < -0.39 is 10.0 Å². The standard InChI is InChI=1S/C18H25N3O3S2/c1-13(2)20-26(23,24)17-7-5-16(6-8-17)19-18(22)14(3)21(4)11-15-9-10-25-12-15/h5-10,12-14,20H,11H2,1-4H3,(H,19,22)/p+1/t14-/m0/s1. The number of anilines is 1.